The number of para-hydroxylation sites is 1. The maximum atomic E-state index is 11.8. The van der Waals surface area contributed by atoms with Crippen LogP contribution in [0.2, 0.25) is 0 Å². The number of aliphatic imine (C=N–C) groups is 1. The Labute approximate surface area is 144 Å². The summed E-state index contributed by atoms with van der Waals surface area (Å²) in [5, 5.41) is 9.15. The van der Waals surface area contributed by atoms with Gasteiger partial charge in [0.25, 0.3) is 0 Å². The fourth-order valence-electron chi connectivity index (χ4n) is 1.54. The number of halogens is 1. The van der Waals surface area contributed by atoms with Crippen LogP contribution < -0.4 is 16.0 Å². The van der Waals surface area contributed by atoms with Crippen molar-refractivity contribution in [3.05, 3.63) is 30.3 Å². The number of carbonyl (C=O) groups excluding carboxylic acids is 1. The Hall–Kier alpha value is -1.31. The number of nitrogens with zero attached hydrogens (tertiary/aromatic N) is 1. The van der Waals surface area contributed by atoms with Crippen molar-refractivity contribution >= 4 is 41.5 Å². The zero-order chi connectivity index (χ0) is 15.0. The lowest BCUT2D eigenvalue weighted by Crippen LogP contribution is -2.47. The molecule has 6 heteroatoms. The van der Waals surface area contributed by atoms with E-state index < -0.39 is 0 Å². The van der Waals surface area contributed by atoms with E-state index in [2.05, 4.69) is 20.9 Å². The summed E-state index contributed by atoms with van der Waals surface area (Å²) in [4.78, 5) is 16.1. The molecule has 3 N–H and O–H groups in total. The molecule has 0 saturated carbocycles. The largest absolute Gasteiger partial charge is 0.357 e. The monoisotopic (exact) mass is 404 g/mol. The van der Waals surface area contributed by atoms with E-state index in [0.29, 0.717) is 5.96 Å². The van der Waals surface area contributed by atoms with Crippen molar-refractivity contribution in [3.63, 3.8) is 0 Å². The summed E-state index contributed by atoms with van der Waals surface area (Å²) in [7, 11) is 0. The normalized spacial score (nSPS) is 11.3. The lowest BCUT2D eigenvalue weighted by molar-refractivity contribution is -0.114. The Morgan fingerprint density at radius 1 is 1.19 bits per heavy atom. The van der Waals surface area contributed by atoms with Gasteiger partial charge in [0.05, 0.1) is 0 Å². The van der Waals surface area contributed by atoms with E-state index in [1.807, 2.05) is 58.0 Å². The lowest BCUT2D eigenvalue weighted by atomic mass is 10.1. The van der Waals surface area contributed by atoms with E-state index in [4.69, 9.17) is 0 Å². The molecular weight excluding hydrogens is 379 g/mol. The highest BCUT2D eigenvalue weighted by molar-refractivity contribution is 14.0. The molecule has 0 aliphatic rings. The second kappa shape index (κ2) is 9.59. The van der Waals surface area contributed by atoms with Gasteiger partial charge in [-0.05, 0) is 39.8 Å². The fourth-order valence-corrected chi connectivity index (χ4v) is 1.54. The maximum Gasteiger partial charge on any atom is 0.246 e. The number of nitrogens with one attached hydrogen (secondary N) is 3. The third-order valence-electron chi connectivity index (χ3n) is 2.28. The first kappa shape index (κ1) is 19.7. The zero-order valence-electron chi connectivity index (χ0n) is 13.1. The van der Waals surface area contributed by atoms with Crippen molar-refractivity contribution in [1.82, 2.24) is 10.6 Å². The van der Waals surface area contributed by atoms with Crippen LogP contribution in [0.25, 0.3) is 0 Å². The Balaban J connectivity index is 0.00000400. The minimum absolute atomic E-state index is 0. The molecule has 21 heavy (non-hydrogen) atoms. The molecule has 0 aromatic heterocycles. The van der Waals surface area contributed by atoms with Gasteiger partial charge in [0.1, 0.15) is 6.54 Å². The van der Waals surface area contributed by atoms with Gasteiger partial charge in [-0.3, -0.25) is 4.79 Å². The zero-order valence-corrected chi connectivity index (χ0v) is 15.4. The molecule has 1 rings (SSSR count). The van der Waals surface area contributed by atoms with Crippen molar-refractivity contribution in [2.75, 3.05) is 18.4 Å². The molecule has 0 unspecified atom stereocenters. The standard InChI is InChI=1S/C15H24N4O.HI/c1-5-16-14(19-15(2,3)4)17-11-13(20)18-12-9-7-6-8-10-12;/h6-10H,5,11H2,1-4H3,(H,18,20)(H2,16,17,19);1H. The van der Waals surface area contributed by atoms with Gasteiger partial charge < -0.3 is 16.0 Å². The first-order chi connectivity index (χ1) is 9.40. The first-order valence-electron chi connectivity index (χ1n) is 6.82. The third-order valence-corrected chi connectivity index (χ3v) is 2.28. The van der Waals surface area contributed by atoms with Crippen molar-refractivity contribution in [2.24, 2.45) is 4.99 Å². The summed E-state index contributed by atoms with van der Waals surface area (Å²) < 4.78 is 0. The minimum Gasteiger partial charge on any atom is -0.357 e. The number of guanidine groups is 1. The van der Waals surface area contributed by atoms with Gasteiger partial charge in [-0.1, -0.05) is 18.2 Å². The molecule has 1 aromatic rings. The van der Waals surface area contributed by atoms with Gasteiger partial charge in [0, 0.05) is 17.8 Å². The second-order valence-corrected chi connectivity index (χ2v) is 5.48. The number of amides is 1. The number of rotatable bonds is 4. The second-order valence-electron chi connectivity index (χ2n) is 5.48. The van der Waals surface area contributed by atoms with Crippen LogP contribution in [0.4, 0.5) is 5.69 Å². The van der Waals surface area contributed by atoms with Crippen LogP contribution in [0, 0.1) is 0 Å². The molecule has 5 nitrogen and oxygen atoms in total. The van der Waals surface area contributed by atoms with Gasteiger partial charge >= 0.3 is 0 Å². The van der Waals surface area contributed by atoms with E-state index in [-0.39, 0.29) is 42.0 Å². The van der Waals surface area contributed by atoms with E-state index >= 15 is 0 Å². The highest BCUT2D eigenvalue weighted by atomic mass is 127. The number of anilines is 1. The number of benzene rings is 1. The summed E-state index contributed by atoms with van der Waals surface area (Å²) in [6.45, 7) is 8.96. The SMILES string of the molecule is CCNC(=NCC(=O)Nc1ccccc1)NC(C)(C)C.I. The van der Waals surface area contributed by atoms with Crippen LogP contribution in [0.1, 0.15) is 27.7 Å². The third kappa shape index (κ3) is 9.28. The Bertz CT molecular complexity index is 454. The van der Waals surface area contributed by atoms with Crippen LogP contribution in [-0.4, -0.2) is 30.5 Å². The van der Waals surface area contributed by atoms with Crippen LogP contribution in [0.3, 0.4) is 0 Å². The molecule has 0 aliphatic heterocycles. The molecule has 1 amide bonds. The molecule has 118 valence electrons. The number of carbonyl (C=O) groups is 1. The van der Waals surface area contributed by atoms with E-state index in [9.17, 15) is 4.79 Å². The first-order valence-corrected chi connectivity index (χ1v) is 6.82. The van der Waals surface area contributed by atoms with E-state index in [1.54, 1.807) is 0 Å². The summed E-state index contributed by atoms with van der Waals surface area (Å²) in [6, 6.07) is 9.36. The predicted octanol–water partition coefficient (Wildman–Crippen LogP) is 2.60. The molecule has 1 aromatic carbocycles. The molecule has 0 fully saturated rings. The summed E-state index contributed by atoms with van der Waals surface area (Å²) >= 11 is 0. The smallest absolute Gasteiger partial charge is 0.246 e. The van der Waals surface area contributed by atoms with Crippen molar-refractivity contribution in [3.8, 4) is 0 Å². The van der Waals surface area contributed by atoms with Crippen molar-refractivity contribution in [2.45, 2.75) is 33.2 Å². The maximum absolute atomic E-state index is 11.8. The Morgan fingerprint density at radius 2 is 1.81 bits per heavy atom. The predicted molar refractivity (Wildman–Crippen MR) is 99.4 cm³/mol. The van der Waals surface area contributed by atoms with Crippen LogP contribution in [-0.2, 0) is 4.79 Å². The molecule has 0 atom stereocenters. The average molecular weight is 404 g/mol. The fraction of sp³-hybridized carbons (Fsp3) is 0.467. The number of hydrogen-bond acceptors (Lipinski definition) is 2. The molecule has 0 saturated heterocycles. The average Bonchev–Trinajstić information content (AvgIpc) is 2.36. The van der Waals surface area contributed by atoms with Crippen LogP contribution in [0.5, 0.6) is 0 Å². The molecule has 0 bridgehead atoms. The van der Waals surface area contributed by atoms with Gasteiger partial charge in [0.2, 0.25) is 5.91 Å². The van der Waals surface area contributed by atoms with E-state index in [1.165, 1.54) is 0 Å². The summed E-state index contributed by atoms with van der Waals surface area (Å²) in [5.41, 5.74) is 0.679. The molecule has 0 aliphatic carbocycles. The topological polar surface area (TPSA) is 65.5 Å². The molecular formula is C15H25IN4O. The van der Waals surface area contributed by atoms with Gasteiger partial charge in [-0.25, -0.2) is 4.99 Å². The number of hydrogen-bond donors (Lipinski definition) is 3. The van der Waals surface area contributed by atoms with Crippen molar-refractivity contribution < 1.29 is 4.79 Å². The summed E-state index contributed by atoms with van der Waals surface area (Å²) in [6.07, 6.45) is 0. The molecule has 0 heterocycles. The van der Waals surface area contributed by atoms with Gasteiger partial charge in [0.15, 0.2) is 5.96 Å². The molecule has 0 radical (unpaired) electrons. The lowest BCUT2D eigenvalue weighted by Gasteiger charge is -2.23. The Kier molecular flexibility index (Phi) is 9.00. The van der Waals surface area contributed by atoms with Crippen molar-refractivity contribution in [1.29, 1.82) is 0 Å². The molecule has 0 spiro atoms. The quantitative estimate of drug-likeness (QED) is 0.411. The summed E-state index contributed by atoms with van der Waals surface area (Å²) in [5.74, 6) is 0.505. The Morgan fingerprint density at radius 3 is 2.33 bits per heavy atom. The van der Waals surface area contributed by atoms with E-state index in [0.717, 1.165) is 12.2 Å². The van der Waals surface area contributed by atoms with Crippen LogP contribution in [0.15, 0.2) is 35.3 Å². The van der Waals surface area contributed by atoms with Crippen LogP contribution >= 0.6 is 24.0 Å². The van der Waals surface area contributed by atoms with Gasteiger partial charge in [-0.15, -0.1) is 24.0 Å². The minimum atomic E-state index is -0.137. The highest BCUT2D eigenvalue weighted by Crippen LogP contribution is 2.04. The highest BCUT2D eigenvalue weighted by Gasteiger charge is 2.12. The van der Waals surface area contributed by atoms with Gasteiger partial charge in [-0.2, -0.15) is 0 Å².